The lowest BCUT2D eigenvalue weighted by atomic mass is 10.2. The number of benzene rings is 2. The zero-order valence-corrected chi connectivity index (χ0v) is 16.1. The number of nitrogens with one attached hydrogen (secondary N) is 1. The highest BCUT2D eigenvalue weighted by Gasteiger charge is 2.16. The summed E-state index contributed by atoms with van der Waals surface area (Å²) >= 11 is 6.83. The number of rotatable bonds is 5. The van der Waals surface area contributed by atoms with Crippen LogP contribution in [-0.4, -0.2) is 25.2 Å². The Morgan fingerprint density at radius 2 is 2.00 bits per heavy atom. The van der Waals surface area contributed by atoms with E-state index in [1.54, 1.807) is 24.3 Å². The molecule has 1 atom stereocenters. The highest BCUT2D eigenvalue weighted by molar-refractivity contribution is 9.11. The molecule has 1 saturated heterocycles. The number of carbonyl (C=O) groups is 1. The lowest BCUT2D eigenvalue weighted by Crippen LogP contribution is -2.16. The third-order valence-electron chi connectivity index (χ3n) is 3.75. The Morgan fingerprint density at radius 3 is 2.71 bits per heavy atom. The molecule has 126 valence electrons. The van der Waals surface area contributed by atoms with Crippen molar-refractivity contribution in [3.05, 3.63) is 57.0 Å². The molecule has 1 amide bonds. The summed E-state index contributed by atoms with van der Waals surface area (Å²) in [5.41, 5.74) is 1.29. The summed E-state index contributed by atoms with van der Waals surface area (Å²) < 4.78 is 13.0. The summed E-state index contributed by atoms with van der Waals surface area (Å²) in [4.78, 5) is 12.3. The first-order valence-electron chi connectivity index (χ1n) is 7.73. The second-order valence-corrected chi connectivity index (χ2v) is 7.32. The number of anilines is 1. The Morgan fingerprint density at radius 1 is 1.21 bits per heavy atom. The zero-order chi connectivity index (χ0) is 16.9. The molecular weight excluding hydrogens is 438 g/mol. The van der Waals surface area contributed by atoms with Crippen molar-refractivity contribution in [1.29, 1.82) is 0 Å². The number of ether oxygens (including phenoxy) is 2. The van der Waals surface area contributed by atoms with E-state index < -0.39 is 0 Å². The van der Waals surface area contributed by atoms with Crippen LogP contribution < -0.4 is 10.1 Å². The smallest absolute Gasteiger partial charge is 0.255 e. The van der Waals surface area contributed by atoms with E-state index in [0.717, 1.165) is 34.1 Å². The van der Waals surface area contributed by atoms with Gasteiger partial charge in [-0.05, 0) is 71.2 Å². The first kappa shape index (κ1) is 17.5. The van der Waals surface area contributed by atoms with E-state index in [4.69, 9.17) is 9.47 Å². The maximum atomic E-state index is 12.3. The van der Waals surface area contributed by atoms with E-state index in [9.17, 15) is 4.79 Å². The Bertz CT molecular complexity index is 713. The van der Waals surface area contributed by atoms with Crippen molar-refractivity contribution in [3.8, 4) is 5.75 Å². The molecule has 3 rings (SSSR count). The van der Waals surface area contributed by atoms with Crippen LogP contribution in [0.5, 0.6) is 5.75 Å². The van der Waals surface area contributed by atoms with Gasteiger partial charge in [0.25, 0.3) is 5.91 Å². The van der Waals surface area contributed by atoms with Crippen molar-refractivity contribution < 1.29 is 14.3 Å². The molecule has 0 radical (unpaired) electrons. The van der Waals surface area contributed by atoms with Crippen LogP contribution in [-0.2, 0) is 4.74 Å². The SMILES string of the molecule is O=C(Nc1cc(Br)ccc1Br)c1ccc(OCC2CCCO2)cc1. The van der Waals surface area contributed by atoms with Gasteiger partial charge in [-0.2, -0.15) is 0 Å². The molecule has 0 aromatic heterocycles. The molecule has 1 heterocycles. The minimum Gasteiger partial charge on any atom is -0.491 e. The van der Waals surface area contributed by atoms with Crippen LogP contribution in [0.2, 0.25) is 0 Å². The highest BCUT2D eigenvalue weighted by atomic mass is 79.9. The molecule has 1 aliphatic rings. The van der Waals surface area contributed by atoms with Crippen LogP contribution >= 0.6 is 31.9 Å². The molecule has 0 aliphatic carbocycles. The van der Waals surface area contributed by atoms with E-state index in [2.05, 4.69) is 37.2 Å². The molecule has 0 bridgehead atoms. The molecule has 1 unspecified atom stereocenters. The van der Waals surface area contributed by atoms with E-state index in [0.29, 0.717) is 17.9 Å². The van der Waals surface area contributed by atoms with E-state index in [1.807, 2.05) is 18.2 Å². The largest absolute Gasteiger partial charge is 0.491 e. The fourth-order valence-corrected chi connectivity index (χ4v) is 3.16. The molecule has 0 saturated carbocycles. The topological polar surface area (TPSA) is 47.6 Å². The second kappa shape index (κ2) is 8.14. The average Bonchev–Trinajstić information content (AvgIpc) is 3.10. The van der Waals surface area contributed by atoms with E-state index >= 15 is 0 Å². The summed E-state index contributed by atoms with van der Waals surface area (Å²) in [6.07, 6.45) is 2.32. The minimum absolute atomic E-state index is 0.167. The summed E-state index contributed by atoms with van der Waals surface area (Å²) in [6, 6.07) is 12.8. The number of hydrogen-bond donors (Lipinski definition) is 1. The zero-order valence-electron chi connectivity index (χ0n) is 12.9. The van der Waals surface area contributed by atoms with Gasteiger partial charge in [0.2, 0.25) is 0 Å². The Balaban J connectivity index is 1.59. The molecule has 2 aromatic carbocycles. The first-order chi connectivity index (χ1) is 11.6. The second-order valence-electron chi connectivity index (χ2n) is 5.55. The molecule has 0 spiro atoms. The highest BCUT2D eigenvalue weighted by Crippen LogP contribution is 2.27. The van der Waals surface area contributed by atoms with Gasteiger partial charge < -0.3 is 14.8 Å². The molecule has 6 heteroatoms. The third-order valence-corrected chi connectivity index (χ3v) is 4.94. The van der Waals surface area contributed by atoms with Gasteiger partial charge in [-0.15, -0.1) is 0 Å². The van der Waals surface area contributed by atoms with Crippen molar-refractivity contribution in [1.82, 2.24) is 0 Å². The minimum atomic E-state index is -0.167. The third kappa shape index (κ3) is 4.59. The van der Waals surface area contributed by atoms with Crippen molar-refractivity contribution in [2.75, 3.05) is 18.5 Å². The van der Waals surface area contributed by atoms with Crippen LogP contribution in [0.1, 0.15) is 23.2 Å². The molecular formula is C18H17Br2NO3. The van der Waals surface area contributed by atoms with E-state index in [1.165, 1.54) is 0 Å². The van der Waals surface area contributed by atoms with Crippen molar-refractivity contribution in [2.24, 2.45) is 0 Å². The fourth-order valence-electron chi connectivity index (χ4n) is 2.46. The maximum Gasteiger partial charge on any atom is 0.255 e. The molecule has 1 aliphatic heterocycles. The van der Waals surface area contributed by atoms with Crippen LogP contribution in [0, 0.1) is 0 Å². The van der Waals surface area contributed by atoms with Crippen LogP contribution in [0.3, 0.4) is 0 Å². The van der Waals surface area contributed by atoms with Crippen molar-refractivity contribution in [3.63, 3.8) is 0 Å². The van der Waals surface area contributed by atoms with Crippen LogP contribution in [0.25, 0.3) is 0 Å². The van der Waals surface area contributed by atoms with Crippen molar-refractivity contribution in [2.45, 2.75) is 18.9 Å². The predicted molar refractivity (Wildman–Crippen MR) is 101 cm³/mol. The Hall–Kier alpha value is -1.37. The molecule has 4 nitrogen and oxygen atoms in total. The van der Waals surface area contributed by atoms with Crippen LogP contribution in [0.15, 0.2) is 51.4 Å². The normalized spacial score (nSPS) is 16.8. The predicted octanol–water partition coefficient (Wildman–Crippen LogP) is 5.02. The van der Waals surface area contributed by atoms with Gasteiger partial charge >= 0.3 is 0 Å². The lowest BCUT2D eigenvalue weighted by molar-refractivity contribution is 0.0679. The van der Waals surface area contributed by atoms with Gasteiger partial charge in [0.1, 0.15) is 12.4 Å². The van der Waals surface area contributed by atoms with Gasteiger partial charge in [0.05, 0.1) is 11.8 Å². The van der Waals surface area contributed by atoms with E-state index in [-0.39, 0.29) is 12.0 Å². The van der Waals surface area contributed by atoms with Gasteiger partial charge in [0, 0.05) is 21.1 Å². The summed E-state index contributed by atoms with van der Waals surface area (Å²) in [5, 5.41) is 2.89. The maximum absolute atomic E-state index is 12.3. The lowest BCUT2D eigenvalue weighted by Gasteiger charge is -2.12. The monoisotopic (exact) mass is 453 g/mol. The molecule has 2 aromatic rings. The first-order valence-corrected chi connectivity index (χ1v) is 9.31. The Labute approximate surface area is 157 Å². The van der Waals surface area contributed by atoms with Crippen LogP contribution in [0.4, 0.5) is 5.69 Å². The average molecular weight is 455 g/mol. The molecule has 24 heavy (non-hydrogen) atoms. The summed E-state index contributed by atoms with van der Waals surface area (Å²) in [5.74, 6) is 0.574. The molecule has 1 fully saturated rings. The van der Waals surface area contributed by atoms with Gasteiger partial charge in [-0.25, -0.2) is 0 Å². The Kier molecular flexibility index (Phi) is 5.92. The fraction of sp³-hybridized carbons (Fsp3) is 0.278. The van der Waals surface area contributed by atoms with Gasteiger partial charge in [-0.3, -0.25) is 4.79 Å². The number of hydrogen-bond acceptors (Lipinski definition) is 3. The van der Waals surface area contributed by atoms with Gasteiger partial charge in [0.15, 0.2) is 0 Å². The number of carbonyl (C=O) groups excluding carboxylic acids is 1. The molecule has 1 N–H and O–H groups in total. The van der Waals surface area contributed by atoms with Gasteiger partial charge in [-0.1, -0.05) is 15.9 Å². The summed E-state index contributed by atoms with van der Waals surface area (Å²) in [7, 11) is 0. The number of halogens is 2. The van der Waals surface area contributed by atoms with Crippen molar-refractivity contribution >= 4 is 43.5 Å². The summed E-state index contributed by atoms with van der Waals surface area (Å²) in [6.45, 7) is 1.37. The quantitative estimate of drug-likeness (QED) is 0.689. The number of amides is 1. The standard InChI is InChI=1S/C18H17Br2NO3/c19-13-5-8-16(20)17(10-13)21-18(22)12-3-6-14(7-4-12)24-11-15-2-1-9-23-15/h3-8,10,15H,1-2,9,11H2,(H,21,22).